The molecule has 3 rings (SSSR count). The summed E-state index contributed by atoms with van der Waals surface area (Å²) in [4.78, 5) is 16.3. The Morgan fingerprint density at radius 2 is 2.00 bits per heavy atom. The van der Waals surface area contributed by atoms with E-state index in [0.29, 0.717) is 5.75 Å². The van der Waals surface area contributed by atoms with E-state index >= 15 is 0 Å². The van der Waals surface area contributed by atoms with E-state index in [1.54, 1.807) is 12.1 Å². The van der Waals surface area contributed by atoms with Gasteiger partial charge in [-0.2, -0.15) is 0 Å². The summed E-state index contributed by atoms with van der Waals surface area (Å²) in [5, 5.41) is 0. The first kappa shape index (κ1) is 13.4. The van der Waals surface area contributed by atoms with E-state index in [1.165, 1.54) is 25.0 Å². The van der Waals surface area contributed by atoms with Gasteiger partial charge in [0.25, 0.3) is 5.91 Å². The van der Waals surface area contributed by atoms with Crippen molar-refractivity contribution in [1.82, 2.24) is 9.80 Å². The third kappa shape index (κ3) is 3.28. The number of ether oxygens (including phenoxy) is 1. The van der Waals surface area contributed by atoms with Crippen LogP contribution < -0.4 is 4.74 Å². The Morgan fingerprint density at radius 3 is 2.65 bits per heavy atom. The third-order valence-corrected chi connectivity index (χ3v) is 3.89. The van der Waals surface area contributed by atoms with Gasteiger partial charge >= 0.3 is 0 Å². The Morgan fingerprint density at radius 1 is 1.25 bits per heavy atom. The lowest BCUT2D eigenvalue weighted by Gasteiger charge is -2.34. The zero-order valence-corrected chi connectivity index (χ0v) is 11.4. The molecule has 2 aliphatic rings. The fourth-order valence-electron chi connectivity index (χ4n) is 2.57. The van der Waals surface area contributed by atoms with Gasteiger partial charge < -0.3 is 9.64 Å². The summed E-state index contributed by atoms with van der Waals surface area (Å²) >= 11 is 0. The average molecular weight is 278 g/mol. The average Bonchev–Trinajstić information content (AvgIpc) is 3.30. The molecule has 1 saturated heterocycles. The van der Waals surface area contributed by atoms with Gasteiger partial charge in [0.15, 0.2) is 6.61 Å². The molecule has 1 saturated carbocycles. The van der Waals surface area contributed by atoms with Crippen LogP contribution in [0.3, 0.4) is 0 Å². The number of amides is 1. The molecular formula is C15H19FN2O2. The molecule has 4 nitrogen and oxygen atoms in total. The first-order chi connectivity index (χ1) is 9.72. The summed E-state index contributed by atoms with van der Waals surface area (Å²) in [7, 11) is 0. The van der Waals surface area contributed by atoms with E-state index in [1.807, 2.05) is 4.90 Å². The molecule has 1 aromatic rings. The first-order valence-corrected chi connectivity index (χ1v) is 7.12. The fourth-order valence-corrected chi connectivity index (χ4v) is 2.57. The molecule has 0 bridgehead atoms. The summed E-state index contributed by atoms with van der Waals surface area (Å²) < 4.78 is 18.3. The van der Waals surface area contributed by atoms with Crippen molar-refractivity contribution in [3.05, 3.63) is 30.1 Å². The molecule has 1 amide bonds. The number of halogens is 1. The van der Waals surface area contributed by atoms with Crippen molar-refractivity contribution in [2.45, 2.75) is 18.9 Å². The number of benzene rings is 1. The van der Waals surface area contributed by atoms with E-state index in [-0.39, 0.29) is 18.3 Å². The van der Waals surface area contributed by atoms with E-state index < -0.39 is 0 Å². The van der Waals surface area contributed by atoms with Crippen molar-refractivity contribution in [3.8, 4) is 5.75 Å². The minimum Gasteiger partial charge on any atom is -0.484 e. The smallest absolute Gasteiger partial charge is 0.260 e. The van der Waals surface area contributed by atoms with Crippen molar-refractivity contribution in [1.29, 1.82) is 0 Å². The molecule has 0 N–H and O–H groups in total. The zero-order chi connectivity index (χ0) is 13.9. The van der Waals surface area contributed by atoms with Gasteiger partial charge in [0.2, 0.25) is 0 Å². The number of rotatable bonds is 4. The van der Waals surface area contributed by atoms with Gasteiger partial charge in [-0.15, -0.1) is 0 Å². The van der Waals surface area contributed by atoms with Gasteiger partial charge in [0.05, 0.1) is 0 Å². The topological polar surface area (TPSA) is 32.8 Å². The Hall–Kier alpha value is -1.62. The highest BCUT2D eigenvalue weighted by Crippen LogP contribution is 2.27. The van der Waals surface area contributed by atoms with Crippen LogP contribution >= 0.6 is 0 Å². The Bertz CT molecular complexity index is 483. The van der Waals surface area contributed by atoms with Crippen LogP contribution in [0, 0.1) is 5.82 Å². The highest BCUT2D eigenvalue weighted by atomic mass is 19.1. The number of hydrogen-bond donors (Lipinski definition) is 0. The molecule has 1 aliphatic heterocycles. The summed E-state index contributed by atoms with van der Waals surface area (Å²) in [6.07, 6.45) is 2.60. The van der Waals surface area contributed by atoms with Crippen molar-refractivity contribution in [2.24, 2.45) is 0 Å². The molecule has 2 fully saturated rings. The van der Waals surface area contributed by atoms with Gasteiger partial charge in [0.1, 0.15) is 11.6 Å². The highest BCUT2D eigenvalue weighted by Gasteiger charge is 2.32. The predicted molar refractivity (Wildman–Crippen MR) is 73.1 cm³/mol. The second kappa shape index (κ2) is 5.79. The van der Waals surface area contributed by atoms with E-state index in [4.69, 9.17) is 4.74 Å². The molecule has 1 aliphatic carbocycles. The normalized spacial score (nSPS) is 19.9. The second-order valence-electron chi connectivity index (χ2n) is 5.39. The number of hydrogen-bond acceptors (Lipinski definition) is 3. The molecule has 1 heterocycles. The van der Waals surface area contributed by atoms with E-state index in [2.05, 4.69) is 4.90 Å². The van der Waals surface area contributed by atoms with Crippen molar-refractivity contribution >= 4 is 5.91 Å². The number of carbonyl (C=O) groups is 1. The standard InChI is InChI=1S/C15H19FN2O2/c16-12-2-1-3-14(10-12)20-11-15(19)18-8-6-17(7-9-18)13-4-5-13/h1-3,10,13H,4-9,11H2. The largest absolute Gasteiger partial charge is 0.484 e. The minimum atomic E-state index is -0.354. The lowest BCUT2D eigenvalue weighted by Crippen LogP contribution is -2.50. The summed E-state index contributed by atoms with van der Waals surface area (Å²) in [6, 6.07) is 6.63. The molecule has 0 atom stereocenters. The molecule has 5 heteroatoms. The lowest BCUT2D eigenvalue weighted by molar-refractivity contribution is -0.135. The zero-order valence-electron chi connectivity index (χ0n) is 11.4. The monoisotopic (exact) mass is 278 g/mol. The summed E-state index contributed by atoms with van der Waals surface area (Å²) in [6.45, 7) is 3.42. The van der Waals surface area contributed by atoms with Crippen LogP contribution in [-0.4, -0.2) is 54.5 Å². The minimum absolute atomic E-state index is 0.0210. The second-order valence-corrected chi connectivity index (χ2v) is 5.39. The molecule has 0 unspecified atom stereocenters. The van der Waals surface area contributed by atoms with Crippen LogP contribution in [0.1, 0.15) is 12.8 Å². The van der Waals surface area contributed by atoms with Gasteiger partial charge in [0, 0.05) is 38.3 Å². The number of carbonyl (C=O) groups excluding carboxylic acids is 1. The lowest BCUT2D eigenvalue weighted by atomic mass is 10.3. The third-order valence-electron chi connectivity index (χ3n) is 3.89. The number of piperazine rings is 1. The van der Waals surface area contributed by atoms with E-state index in [9.17, 15) is 9.18 Å². The maximum absolute atomic E-state index is 13.0. The summed E-state index contributed by atoms with van der Waals surface area (Å²) in [5.74, 6) is 0.0210. The SMILES string of the molecule is O=C(COc1cccc(F)c1)N1CCN(C2CC2)CC1. The molecule has 1 aromatic carbocycles. The summed E-state index contributed by atoms with van der Waals surface area (Å²) in [5.41, 5.74) is 0. The van der Waals surface area contributed by atoms with Gasteiger partial charge in [-0.25, -0.2) is 4.39 Å². The van der Waals surface area contributed by atoms with Crippen LogP contribution in [0.2, 0.25) is 0 Å². The van der Waals surface area contributed by atoms with Crippen molar-refractivity contribution < 1.29 is 13.9 Å². The fraction of sp³-hybridized carbons (Fsp3) is 0.533. The molecule has 20 heavy (non-hydrogen) atoms. The van der Waals surface area contributed by atoms with Crippen LogP contribution in [0.15, 0.2) is 24.3 Å². The maximum Gasteiger partial charge on any atom is 0.260 e. The highest BCUT2D eigenvalue weighted by molar-refractivity contribution is 5.77. The van der Waals surface area contributed by atoms with Crippen LogP contribution in [-0.2, 0) is 4.79 Å². The number of nitrogens with zero attached hydrogens (tertiary/aromatic N) is 2. The van der Waals surface area contributed by atoms with Crippen molar-refractivity contribution in [3.63, 3.8) is 0 Å². The maximum atomic E-state index is 13.0. The molecule has 0 spiro atoms. The van der Waals surface area contributed by atoms with Crippen LogP contribution in [0.5, 0.6) is 5.75 Å². The Balaban J connectivity index is 1.45. The first-order valence-electron chi connectivity index (χ1n) is 7.12. The Kier molecular flexibility index (Phi) is 3.87. The quantitative estimate of drug-likeness (QED) is 0.837. The van der Waals surface area contributed by atoms with Gasteiger partial charge in [-0.3, -0.25) is 9.69 Å². The molecule has 0 radical (unpaired) electrons. The molecular weight excluding hydrogens is 259 g/mol. The Labute approximate surface area is 118 Å². The van der Waals surface area contributed by atoms with Crippen LogP contribution in [0.25, 0.3) is 0 Å². The van der Waals surface area contributed by atoms with Crippen LogP contribution in [0.4, 0.5) is 4.39 Å². The van der Waals surface area contributed by atoms with Gasteiger partial charge in [-0.1, -0.05) is 6.07 Å². The van der Waals surface area contributed by atoms with Gasteiger partial charge in [-0.05, 0) is 25.0 Å². The molecule has 108 valence electrons. The van der Waals surface area contributed by atoms with E-state index in [0.717, 1.165) is 32.2 Å². The predicted octanol–water partition coefficient (Wildman–Crippen LogP) is 1.51. The molecule has 0 aromatic heterocycles. The van der Waals surface area contributed by atoms with Crippen molar-refractivity contribution in [2.75, 3.05) is 32.8 Å².